The van der Waals surface area contributed by atoms with Crippen LogP contribution in [0.5, 0.6) is 0 Å². The third-order valence-corrected chi connectivity index (χ3v) is 4.25. The van der Waals surface area contributed by atoms with Gasteiger partial charge in [0.1, 0.15) is 0 Å². The van der Waals surface area contributed by atoms with Gasteiger partial charge in [-0.1, -0.05) is 20.8 Å². The predicted octanol–water partition coefficient (Wildman–Crippen LogP) is 2.41. The van der Waals surface area contributed by atoms with E-state index in [1.54, 1.807) is 0 Å². The van der Waals surface area contributed by atoms with Gasteiger partial charge >= 0.3 is 0 Å². The molecule has 3 heteroatoms. The normalized spacial score (nSPS) is 24.1. The highest BCUT2D eigenvalue weighted by Crippen LogP contribution is 2.33. The first kappa shape index (κ1) is 13.9. The number of piperidine rings is 1. The molecule has 1 aliphatic heterocycles. The lowest BCUT2D eigenvalue weighted by atomic mass is 9.93. The van der Waals surface area contributed by atoms with Gasteiger partial charge in [-0.05, 0) is 38.5 Å². The Morgan fingerprint density at radius 3 is 2.17 bits per heavy atom. The number of nitrogens with one attached hydrogen (secondary N) is 1. The van der Waals surface area contributed by atoms with Crippen LogP contribution in [0.3, 0.4) is 0 Å². The van der Waals surface area contributed by atoms with Gasteiger partial charge in [0.15, 0.2) is 0 Å². The van der Waals surface area contributed by atoms with Crippen LogP contribution in [-0.4, -0.2) is 36.0 Å². The van der Waals surface area contributed by atoms with Gasteiger partial charge in [0.2, 0.25) is 5.91 Å². The summed E-state index contributed by atoms with van der Waals surface area (Å²) in [5.74, 6) is 1.22. The van der Waals surface area contributed by atoms with E-state index in [1.165, 1.54) is 12.8 Å². The minimum Gasteiger partial charge on any atom is -0.342 e. The fraction of sp³-hybridized carbons (Fsp3) is 0.933. The van der Waals surface area contributed by atoms with Gasteiger partial charge in [-0.15, -0.1) is 0 Å². The number of carbonyl (C=O) groups excluding carboxylic acids is 1. The van der Waals surface area contributed by atoms with Crippen molar-refractivity contribution in [1.82, 2.24) is 10.2 Å². The van der Waals surface area contributed by atoms with E-state index in [0.29, 0.717) is 18.0 Å². The molecule has 1 heterocycles. The van der Waals surface area contributed by atoms with Crippen LogP contribution in [0.1, 0.15) is 53.4 Å². The average molecular weight is 252 g/mol. The smallest absolute Gasteiger partial charge is 0.227 e. The molecule has 1 amide bonds. The Morgan fingerprint density at radius 2 is 1.72 bits per heavy atom. The van der Waals surface area contributed by atoms with Crippen molar-refractivity contribution in [2.75, 3.05) is 13.1 Å². The Labute approximate surface area is 111 Å². The Bertz CT molecular complexity index is 296. The SMILES string of the molecule is CC(NC1CCN(C(=O)C(C)(C)C)CC1)C1CC1. The van der Waals surface area contributed by atoms with Gasteiger partial charge in [0, 0.05) is 30.6 Å². The zero-order valence-electron chi connectivity index (χ0n) is 12.3. The monoisotopic (exact) mass is 252 g/mol. The summed E-state index contributed by atoms with van der Waals surface area (Å²) in [5, 5.41) is 3.74. The molecule has 104 valence electrons. The molecule has 2 aliphatic rings. The number of hydrogen-bond acceptors (Lipinski definition) is 2. The third-order valence-electron chi connectivity index (χ3n) is 4.25. The maximum Gasteiger partial charge on any atom is 0.227 e. The average Bonchev–Trinajstić information content (AvgIpc) is 3.11. The molecule has 2 rings (SSSR count). The molecule has 18 heavy (non-hydrogen) atoms. The molecular formula is C15H28N2O. The molecule has 0 spiro atoms. The largest absolute Gasteiger partial charge is 0.342 e. The van der Waals surface area contributed by atoms with E-state index in [2.05, 4.69) is 12.2 Å². The summed E-state index contributed by atoms with van der Waals surface area (Å²) in [4.78, 5) is 14.2. The van der Waals surface area contributed by atoms with Crippen molar-refractivity contribution in [3.8, 4) is 0 Å². The summed E-state index contributed by atoms with van der Waals surface area (Å²) in [6, 6.07) is 1.28. The Morgan fingerprint density at radius 1 is 1.17 bits per heavy atom. The quantitative estimate of drug-likeness (QED) is 0.836. The van der Waals surface area contributed by atoms with E-state index < -0.39 is 0 Å². The maximum absolute atomic E-state index is 12.2. The number of nitrogens with zero attached hydrogens (tertiary/aromatic N) is 1. The molecule has 0 aromatic rings. The topological polar surface area (TPSA) is 32.3 Å². The number of hydrogen-bond donors (Lipinski definition) is 1. The molecule has 0 radical (unpaired) electrons. The van der Waals surface area contributed by atoms with Crippen molar-refractivity contribution in [3.63, 3.8) is 0 Å². The zero-order chi connectivity index (χ0) is 13.3. The number of rotatable bonds is 3. The molecule has 0 bridgehead atoms. The van der Waals surface area contributed by atoms with E-state index in [1.807, 2.05) is 25.7 Å². The van der Waals surface area contributed by atoms with Crippen LogP contribution in [-0.2, 0) is 4.79 Å². The number of likely N-dealkylation sites (tertiary alicyclic amines) is 1. The second-order valence-corrected chi connectivity index (χ2v) is 7.11. The van der Waals surface area contributed by atoms with Crippen LogP contribution in [0.25, 0.3) is 0 Å². The highest BCUT2D eigenvalue weighted by atomic mass is 16.2. The second-order valence-electron chi connectivity index (χ2n) is 7.11. The summed E-state index contributed by atoms with van der Waals surface area (Å²) in [7, 11) is 0. The van der Waals surface area contributed by atoms with Crippen molar-refractivity contribution < 1.29 is 4.79 Å². The van der Waals surface area contributed by atoms with Gasteiger partial charge in [-0.2, -0.15) is 0 Å². The summed E-state index contributed by atoms with van der Waals surface area (Å²) >= 11 is 0. The van der Waals surface area contributed by atoms with E-state index in [4.69, 9.17) is 0 Å². The summed E-state index contributed by atoms with van der Waals surface area (Å²) in [5.41, 5.74) is -0.235. The van der Waals surface area contributed by atoms with Crippen LogP contribution >= 0.6 is 0 Å². The van der Waals surface area contributed by atoms with E-state index >= 15 is 0 Å². The fourth-order valence-corrected chi connectivity index (χ4v) is 2.83. The molecule has 0 aromatic heterocycles. The highest BCUT2D eigenvalue weighted by molar-refractivity contribution is 5.81. The first-order chi connectivity index (χ1) is 8.38. The van der Waals surface area contributed by atoms with Crippen molar-refractivity contribution in [1.29, 1.82) is 0 Å². The van der Waals surface area contributed by atoms with Gasteiger partial charge in [-0.25, -0.2) is 0 Å². The molecule has 1 saturated carbocycles. The van der Waals surface area contributed by atoms with E-state index in [-0.39, 0.29) is 5.41 Å². The minimum atomic E-state index is -0.235. The van der Waals surface area contributed by atoms with Crippen LogP contribution in [0.15, 0.2) is 0 Å². The van der Waals surface area contributed by atoms with Crippen molar-refractivity contribution in [2.24, 2.45) is 11.3 Å². The van der Waals surface area contributed by atoms with Gasteiger partial charge in [0.25, 0.3) is 0 Å². The van der Waals surface area contributed by atoms with Crippen molar-refractivity contribution >= 4 is 5.91 Å². The Hall–Kier alpha value is -0.570. The molecule has 1 saturated heterocycles. The van der Waals surface area contributed by atoms with Crippen LogP contribution < -0.4 is 5.32 Å². The second kappa shape index (κ2) is 5.20. The Balaban J connectivity index is 1.75. The lowest BCUT2D eigenvalue weighted by Crippen LogP contribution is -2.50. The van der Waals surface area contributed by atoms with Gasteiger partial charge in [-0.3, -0.25) is 4.79 Å². The Kier molecular flexibility index (Phi) is 4.00. The first-order valence-corrected chi connectivity index (χ1v) is 7.43. The van der Waals surface area contributed by atoms with Gasteiger partial charge < -0.3 is 10.2 Å². The minimum absolute atomic E-state index is 0.235. The molecule has 0 aromatic carbocycles. The van der Waals surface area contributed by atoms with Crippen LogP contribution in [0.4, 0.5) is 0 Å². The van der Waals surface area contributed by atoms with Crippen LogP contribution in [0, 0.1) is 11.3 Å². The van der Waals surface area contributed by atoms with Crippen molar-refractivity contribution in [3.05, 3.63) is 0 Å². The number of amides is 1. The predicted molar refractivity (Wildman–Crippen MR) is 74.4 cm³/mol. The maximum atomic E-state index is 12.2. The van der Waals surface area contributed by atoms with E-state index in [0.717, 1.165) is 31.8 Å². The summed E-state index contributed by atoms with van der Waals surface area (Å²) in [6.45, 7) is 10.2. The fourth-order valence-electron chi connectivity index (χ4n) is 2.83. The zero-order valence-corrected chi connectivity index (χ0v) is 12.3. The molecule has 1 atom stereocenters. The molecular weight excluding hydrogens is 224 g/mol. The number of carbonyl (C=O) groups is 1. The van der Waals surface area contributed by atoms with Gasteiger partial charge in [0.05, 0.1) is 0 Å². The third kappa shape index (κ3) is 3.47. The molecule has 1 unspecified atom stereocenters. The summed E-state index contributed by atoms with van der Waals surface area (Å²) < 4.78 is 0. The molecule has 1 N–H and O–H groups in total. The standard InChI is InChI=1S/C15H28N2O/c1-11(12-5-6-12)16-13-7-9-17(10-8-13)14(18)15(2,3)4/h11-13,16H,5-10H2,1-4H3. The van der Waals surface area contributed by atoms with Crippen molar-refractivity contribution in [2.45, 2.75) is 65.5 Å². The lowest BCUT2D eigenvalue weighted by molar-refractivity contribution is -0.140. The summed E-state index contributed by atoms with van der Waals surface area (Å²) in [6.07, 6.45) is 5.02. The molecule has 3 nitrogen and oxygen atoms in total. The molecule has 2 fully saturated rings. The van der Waals surface area contributed by atoms with E-state index in [9.17, 15) is 4.79 Å². The lowest BCUT2D eigenvalue weighted by Gasteiger charge is -2.37. The highest BCUT2D eigenvalue weighted by Gasteiger charge is 2.33. The molecule has 1 aliphatic carbocycles. The van der Waals surface area contributed by atoms with Crippen LogP contribution in [0.2, 0.25) is 0 Å². The first-order valence-electron chi connectivity index (χ1n) is 7.43.